The van der Waals surface area contributed by atoms with Gasteiger partial charge >= 0.3 is 5.97 Å². The van der Waals surface area contributed by atoms with E-state index in [1.165, 1.54) is 30.3 Å². The number of carbonyl (C=O) groups is 2. The molecule has 0 spiro atoms. The van der Waals surface area contributed by atoms with Gasteiger partial charge < -0.3 is 10.4 Å². The number of nitrogens with one attached hydrogen (secondary N) is 1. The van der Waals surface area contributed by atoms with Gasteiger partial charge in [-0.2, -0.15) is 5.26 Å². The quantitative estimate of drug-likeness (QED) is 0.883. The highest BCUT2D eigenvalue weighted by atomic mass is 16.4. The van der Waals surface area contributed by atoms with Crippen LogP contribution in [0.1, 0.15) is 32.2 Å². The summed E-state index contributed by atoms with van der Waals surface area (Å²) in [6, 6.07) is 9.15. The average molecular weight is 282 g/mol. The van der Waals surface area contributed by atoms with E-state index in [0.29, 0.717) is 11.3 Å². The Hall–Kier alpha value is -3.27. The second-order valence-corrected chi connectivity index (χ2v) is 4.11. The van der Waals surface area contributed by atoms with Crippen molar-refractivity contribution in [1.29, 1.82) is 5.26 Å². The van der Waals surface area contributed by atoms with Gasteiger partial charge in [0, 0.05) is 0 Å². The van der Waals surface area contributed by atoms with Crippen LogP contribution in [0.2, 0.25) is 0 Å². The van der Waals surface area contributed by atoms with Gasteiger partial charge in [0.15, 0.2) is 5.69 Å². The summed E-state index contributed by atoms with van der Waals surface area (Å²) in [5.41, 5.74) is 0.778. The summed E-state index contributed by atoms with van der Waals surface area (Å²) in [5.74, 6) is -1.60. The minimum absolute atomic E-state index is 0.115. The summed E-state index contributed by atoms with van der Waals surface area (Å²) >= 11 is 0. The molecule has 0 saturated heterocycles. The molecule has 0 aliphatic carbocycles. The van der Waals surface area contributed by atoms with Crippen molar-refractivity contribution in [3.05, 3.63) is 53.0 Å². The zero-order valence-electron chi connectivity index (χ0n) is 11.0. The molecule has 1 amide bonds. The minimum Gasteiger partial charge on any atom is -0.477 e. The Labute approximate surface area is 119 Å². The summed E-state index contributed by atoms with van der Waals surface area (Å²) in [4.78, 5) is 30.6. The van der Waals surface area contributed by atoms with E-state index >= 15 is 0 Å². The number of anilines is 1. The van der Waals surface area contributed by atoms with E-state index in [9.17, 15) is 9.59 Å². The molecule has 0 atom stereocenters. The number of pyridine rings is 2. The molecule has 0 aromatic carbocycles. The number of carboxylic acids is 1. The van der Waals surface area contributed by atoms with E-state index in [1.54, 1.807) is 6.92 Å². The highest BCUT2D eigenvalue weighted by molar-refractivity contribution is 6.02. The number of hydrogen-bond acceptors (Lipinski definition) is 5. The first kappa shape index (κ1) is 14.1. The number of carboxylic acid groups (broad SMARTS) is 1. The third-order valence-corrected chi connectivity index (χ3v) is 2.65. The summed E-state index contributed by atoms with van der Waals surface area (Å²) in [7, 11) is 0. The maximum Gasteiger partial charge on any atom is 0.354 e. The molecule has 2 aromatic rings. The van der Waals surface area contributed by atoms with Crippen molar-refractivity contribution in [2.24, 2.45) is 0 Å². The molecule has 7 heteroatoms. The molecule has 2 rings (SSSR count). The predicted octanol–water partition coefficient (Wildman–Crippen LogP) is 1.61. The number of nitrogens with zero attached hydrogens (tertiary/aromatic N) is 3. The SMILES string of the molecule is Cc1nc(C(=O)Nc2cccc(C(=O)O)n2)ccc1C#N. The highest BCUT2D eigenvalue weighted by Crippen LogP contribution is 2.09. The van der Waals surface area contributed by atoms with Crippen LogP contribution < -0.4 is 5.32 Å². The topological polar surface area (TPSA) is 116 Å². The monoisotopic (exact) mass is 282 g/mol. The van der Waals surface area contributed by atoms with E-state index in [0.717, 1.165) is 0 Å². The third-order valence-electron chi connectivity index (χ3n) is 2.65. The second-order valence-electron chi connectivity index (χ2n) is 4.11. The molecule has 21 heavy (non-hydrogen) atoms. The summed E-state index contributed by atoms with van der Waals surface area (Å²) in [6.45, 7) is 1.62. The molecule has 0 bridgehead atoms. The van der Waals surface area contributed by atoms with Crippen molar-refractivity contribution in [2.75, 3.05) is 5.32 Å². The molecule has 0 fully saturated rings. The zero-order chi connectivity index (χ0) is 15.4. The van der Waals surface area contributed by atoms with Gasteiger partial charge in [0.25, 0.3) is 5.91 Å². The van der Waals surface area contributed by atoms with Crippen molar-refractivity contribution < 1.29 is 14.7 Å². The van der Waals surface area contributed by atoms with Crippen LogP contribution in [0.4, 0.5) is 5.82 Å². The molecule has 7 nitrogen and oxygen atoms in total. The summed E-state index contributed by atoms with van der Waals surface area (Å²) in [5, 5.41) is 20.1. The fourth-order valence-electron chi connectivity index (χ4n) is 1.61. The Kier molecular flexibility index (Phi) is 3.90. The molecule has 104 valence electrons. The number of aryl methyl sites for hydroxylation is 1. The van der Waals surface area contributed by atoms with E-state index in [1.807, 2.05) is 6.07 Å². The second kappa shape index (κ2) is 5.79. The van der Waals surface area contributed by atoms with Crippen LogP contribution in [0.5, 0.6) is 0 Å². The van der Waals surface area contributed by atoms with Gasteiger partial charge in [-0.3, -0.25) is 4.79 Å². The maximum atomic E-state index is 12.0. The Morgan fingerprint density at radius 3 is 2.57 bits per heavy atom. The number of rotatable bonds is 3. The molecule has 0 aliphatic rings. The van der Waals surface area contributed by atoms with E-state index in [4.69, 9.17) is 10.4 Å². The van der Waals surface area contributed by atoms with Crippen molar-refractivity contribution in [2.45, 2.75) is 6.92 Å². The van der Waals surface area contributed by atoms with Crippen LogP contribution in [0, 0.1) is 18.3 Å². The summed E-state index contributed by atoms with van der Waals surface area (Å²) in [6.07, 6.45) is 0. The lowest BCUT2D eigenvalue weighted by atomic mass is 10.2. The zero-order valence-corrected chi connectivity index (χ0v) is 11.0. The molecule has 2 N–H and O–H groups in total. The minimum atomic E-state index is -1.18. The van der Waals surface area contributed by atoms with Gasteiger partial charge in [0.05, 0.1) is 11.3 Å². The molecule has 0 saturated carbocycles. The first-order valence-electron chi connectivity index (χ1n) is 5.90. The standard InChI is InChI=1S/C14H10N4O3/c1-8-9(7-15)5-6-10(16-8)13(19)18-12-4-2-3-11(17-12)14(20)21/h2-6H,1H3,(H,20,21)(H,17,18,19). The highest BCUT2D eigenvalue weighted by Gasteiger charge is 2.12. The van der Waals surface area contributed by atoms with Crippen LogP contribution in [0.15, 0.2) is 30.3 Å². The van der Waals surface area contributed by atoms with E-state index in [-0.39, 0.29) is 17.2 Å². The number of aromatic carboxylic acids is 1. The van der Waals surface area contributed by atoms with Gasteiger partial charge in [0.2, 0.25) is 0 Å². The summed E-state index contributed by atoms with van der Waals surface area (Å²) < 4.78 is 0. The molecular formula is C14H10N4O3. The lowest BCUT2D eigenvalue weighted by Crippen LogP contribution is -2.16. The maximum absolute atomic E-state index is 12.0. The lowest BCUT2D eigenvalue weighted by Gasteiger charge is -2.05. The van der Waals surface area contributed by atoms with Crippen LogP contribution in [-0.2, 0) is 0 Å². The normalized spacial score (nSPS) is 9.71. The molecule has 2 aromatic heterocycles. The first-order chi connectivity index (χ1) is 10.0. The van der Waals surface area contributed by atoms with Gasteiger partial charge in [-0.15, -0.1) is 0 Å². The Morgan fingerprint density at radius 1 is 1.19 bits per heavy atom. The number of aromatic nitrogens is 2. The van der Waals surface area contributed by atoms with Gasteiger partial charge in [0.1, 0.15) is 17.6 Å². The number of amides is 1. The molecule has 0 radical (unpaired) electrons. The molecule has 0 unspecified atom stereocenters. The fraction of sp³-hybridized carbons (Fsp3) is 0.0714. The van der Waals surface area contributed by atoms with Crippen molar-refractivity contribution in [1.82, 2.24) is 9.97 Å². The van der Waals surface area contributed by atoms with E-state index in [2.05, 4.69) is 15.3 Å². The number of hydrogen-bond donors (Lipinski definition) is 2. The van der Waals surface area contributed by atoms with Crippen LogP contribution in [0.25, 0.3) is 0 Å². The first-order valence-corrected chi connectivity index (χ1v) is 5.90. The fourth-order valence-corrected chi connectivity index (χ4v) is 1.61. The van der Waals surface area contributed by atoms with Crippen molar-refractivity contribution in [3.8, 4) is 6.07 Å². The van der Waals surface area contributed by atoms with Gasteiger partial charge in [-0.05, 0) is 31.2 Å². The Bertz CT molecular complexity index is 765. The Morgan fingerprint density at radius 2 is 1.95 bits per heavy atom. The Balaban J connectivity index is 2.22. The lowest BCUT2D eigenvalue weighted by molar-refractivity contribution is 0.0690. The van der Waals surface area contributed by atoms with Gasteiger partial charge in [-0.1, -0.05) is 6.07 Å². The predicted molar refractivity (Wildman–Crippen MR) is 72.8 cm³/mol. The van der Waals surface area contributed by atoms with E-state index < -0.39 is 11.9 Å². The number of carbonyl (C=O) groups excluding carboxylic acids is 1. The van der Waals surface area contributed by atoms with Crippen LogP contribution in [-0.4, -0.2) is 27.0 Å². The molecule has 0 aliphatic heterocycles. The molecular weight excluding hydrogens is 272 g/mol. The average Bonchev–Trinajstić information content (AvgIpc) is 2.47. The van der Waals surface area contributed by atoms with Crippen LogP contribution in [0.3, 0.4) is 0 Å². The van der Waals surface area contributed by atoms with Gasteiger partial charge in [-0.25, -0.2) is 14.8 Å². The number of nitriles is 1. The largest absolute Gasteiger partial charge is 0.477 e. The smallest absolute Gasteiger partial charge is 0.354 e. The van der Waals surface area contributed by atoms with Crippen LogP contribution >= 0.6 is 0 Å². The third kappa shape index (κ3) is 3.19. The van der Waals surface area contributed by atoms with Crippen molar-refractivity contribution >= 4 is 17.7 Å². The molecule has 2 heterocycles. The van der Waals surface area contributed by atoms with Crippen molar-refractivity contribution in [3.63, 3.8) is 0 Å².